The van der Waals surface area contributed by atoms with Crippen LogP contribution in [0.5, 0.6) is 0 Å². The molecule has 5 heteroatoms. The third-order valence-electron chi connectivity index (χ3n) is 4.40. The molecule has 0 radical (unpaired) electrons. The van der Waals surface area contributed by atoms with Gasteiger partial charge in [0.15, 0.2) is 0 Å². The van der Waals surface area contributed by atoms with Crippen LogP contribution in [0.25, 0.3) is 0 Å². The lowest BCUT2D eigenvalue weighted by molar-refractivity contribution is 0.0726. The van der Waals surface area contributed by atoms with Crippen LogP contribution in [-0.2, 0) is 6.61 Å². The predicted molar refractivity (Wildman–Crippen MR) is 64.8 cm³/mol. The minimum atomic E-state index is -0.184. The van der Waals surface area contributed by atoms with Crippen LogP contribution in [0.2, 0.25) is 0 Å². The summed E-state index contributed by atoms with van der Waals surface area (Å²) in [6.07, 6.45) is 4.89. The van der Waals surface area contributed by atoms with E-state index in [9.17, 15) is 4.79 Å². The van der Waals surface area contributed by atoms with Crippen molar-refractivity contribution in [3.8, 4) is 0 Å². The molecule has 1 aliphatic carbocycles. The highest BCUT2D eigenvalue weighted by Crippen LogP contribution is 2.47. The molecule has 1 atom stereocenters. The van der Waals surface area contributed by atoms with Gasteiger partial charge in [0.25, 0.3) is 5.91 Å². The van der Waals surface area contributed by atoms with E-state index in [4.69, 9.17) is 15.3 Å². The van der Waals surface area contributed by atoms with Gasteiger partial charge >= 0.3 is 0 Å². The summed E-state index contributed by atoms with van der Waals surface area (Å²) in [5.41, 5.74) is 6.82. The van der Waals surface area contributed by atoms with Crippen molar-refractivity contribution in [2.75, 3.05) is 13.1 Å². The highest BCUT2D eigenvalue weighted by molar-refractivity contribution is 5.94. The number of carbonyl (C=O) groups is 1. The maximum atomic E-state index is 12.3. The van der Waals surface area contributed by atoms with Gasteiger partial charge in [0.2, 0.25) is 0 Å². The van der Waals surface area contributed by atoms with Gasteiger partial charge in [-0.15, -0.1) is 0 Å². The van der Waals surface area contributed by atoms with Gasteiger partial charge in [-0.3, -0.25) is 4.79 Å². The summed E-state index contributed by atoms with van der Waals surface area (Å²) in [7, 11) is 0. The first-order chi connectivity index (χ1) is 8.64. The van der Waals surface area contributed by atoms with Gasteiger partial charge in [-0.1, -0.05) is 6.42 Å². The van der Waals surface area contributed by atoms with E-state index in [1.54, 1.807) is 6.07 Å². The second-order valence-electron chi connectivity index (χ2n) is 5.47. The third kappa shape index (κ3) is 1.66. The molecule has 1 aromatic rings. The number of furan rings is 1. The number of hydrogen-bond donors (Lipinski definition) is 2. The molecule has 0 aromatic carbocycles. The summed E-state index contributed by atoms with van der Waals surface area (Å²) in [4.78, 5) is 14.1. The topological polar surface area (TPSA) is 79.7 Å². The van der Waals surface area contributed by atoms with E-state index >= 15 is 0 Å². The van der Waals surface area contributed by atoms with Crippen LogP contribution in [0.4, 0.5) is 0 Å². The van der Waals surface area contributed by atoms with Crippen molar-refractivity contribution in [2.45, 2.75) is 31.9 Å². The van der Waals surface area contributed by atoms with E-state index in [-0.39, 0.29) is 24.0 Å². The lowest BCUT2D eigenvalue weighted by Crippen LogP contribution is -2.45. The lowest BCUT2D eigenvalue weighted by Gasteiger charge is -2.41. The Kier molecular flexibility index (Phi) is 2.68. The molecule has 2 aliphatic rings. The zero-order valence-electron chi connectivity index (χ0n) is 10.3. The van der Waals surface area contributed by atoms with Gasteiger partial charge in [0, 0.05) is 24.5 Å². The number of carbonyl (C=O) groups excluding carboxylic acids is 1. The summed E-state index contributed by atoms with van der Waals surface area (Å²) in [6.45, 7) is 1.20. The molecule has 1 saturated heterocycles. The van der Waals surface area contributed by atoms with E-state index in [1.165, 1.54) is 12.7 Å². The molecule has 1 aromatic heterocycles. The number of aliphatic hydroxyl groups excluding tert-OH is 1. The Bertz CT molecular complexity index is 465. The van der Waals surface area contributed by atoms with Gasteiger partial charge in [-0.25, -0.2) is 0 Å². The van der Waals surface area contributed by atoms with E-state index in [0.29, 0.717) is 17.9 Å². The molecule has 18 heavy (non-hydrogen) atoms. The van der Waals surface area contributed by atoms with Crippen molar-refractivity contribution in [3.63, 3.8) is 0 Å². The minimum absolute atomic E-state index is 0.0438. The Balaban J connectivity index is 1.74. The van der Waals surface area contributed by atoms with Crippen LogP contribution in [-0.4, -0.2) is 35.0 Å². The second-order valence-corrected chi connectivity index (χ2v) is 5.47. The first-order valence-corrected chi connectivity index (χ1v) is 6.38. The van der Waals surface area contributed by atoms with Crippen molar-refractivity contribution in [1.82, 2.24) is 4.90 Å². The first-order valence-electron chi connectivity index (χ1n) is 6.38. The average molecular weight is 250 g/mol. The Morgan fingerprint density at radius 3 is 2.89 bits per heavy atom. The Morgan fingerprint density at radius 2 is 2.39 bits per heavy atom. The van der Waals surface area contributed by atoms with E-state index in [1.807, 2.05) is 4.90 Å². The molecule has 1 unspecified atom stereocenters. The zero-order valence-corrected chi connectivity index (χ0v) is 10.3. The van der Waals surface area contributed by atoms with E-state index in [0.717, 1.165) is 19.4 Å². The van der Waals surface area contributed by atoms with Crippen molar-refractivity contribution in [3.05, 3.63) is 23.7 Å². The predicted octanol–water partition coefficient (Wildman–Crippen LogP) is 0.725. The van der Waals surface area contributed by atoms with Crippen molar-refractivity contribution in [1.29, 1.82) is 0 Å². The molecule has 98 valence electrons. The molecular formula is C13H18N2O3. The fourth-order valence-corrected chi connectivity index (χ4v) is 3.07. The molecule has 2 heterocycles. The largest absolute Gasteiger partial charge is 0.466 e. The van der Waals surface area contributed by atoms with Gasteiger partial charge in [0.1, 0.15) is 18.6 Å². The molecule has 2 fully saturated rings. The summed E-state index contributed by atoms with van der Waals surface area (Å²) < 4.78 is 5.08. The smallest absolute Gasteiger partial charge is 0.257 e. The monoisotopic (exact) mass is 250 g/mol. The van der Waals surface area contributed by atoms with Gasteiger partial charge in [-0.05, 0) is 18.9 Å². The van der Waals surface area contributed by atoms with Crippen LogP contribution in [0.1, 0.15) is 35.4 Å². The molecule has 3 N–H and O–H groups in total. The molecule has 1 saturated carbocycles. The van der Waals surface area contributed by atoms with Crippen LogP contribution in [0.15, 0.2) is 16.7 Å². The van der Waals surface area contributed by atoms with E-state index < -0.39 is 0 Å². The molecule has 5 nitrogen and oxygen atoms in total. The molecule has 1 amide bonds. The first kappa shape index (κ1) is 11.7. The van der Waals surface area contributed by atoms with E-state index in [2.05, 4.69) is 0 Å². The van der Waals surface area contributed by atoms with Crippen molar-refractivity contribution >= 4 is 5.91 Å². The summed E-state index contributed by atoms with van der Waals surface area (Å²) >= 11 is 0. The number of hydrogen-bond acceptors (Lipinski definition) is 4. The minimum Gasteiger partial charge on any atom is -0.466 e. The van der Waals surface area contributed by atoms with Crippen LogP contribution in [0, 0.1) is 5.41 Å². The summed E-state index contributed by atoms with van der Waals surface area (Å²) in [5, 5.41) is 8.93. The molecule has 1 aliphatic heterocycles. The number of rotatable bonds is 2. The number of nitrogens with zero attached hydrogens (tertiary/aromatic N) is 1. The van der Waals surface area contributed by atoms with Gasteiger partial charge < -0.3 is 20.2 Å². The third-order valence-corrected chi connectivity index (χ3v) is 4.40. The average Bonchev–Trinajstić information content (AvgIpc) is 2.91. The molecule has 0 bridgehead atoms. The highest BCUT2D eigenvalue weighted by Gasteiger charge is 2.49. The Hall–Kier alpha value is -1.33. The normalized spacial score (nSPS) is 25.4. The summed E-state index contributed by atoms with van der Waals surface area (Å²) in [5.74, 6) is 0.373. The van der Waals surface area contributed by atoms with Gasteiger partial charge in [0.05, 0.1) is 5.56 Å². The lowest BCUT2D eigenvalue weighted by atomic mass is 9.66. The molecular weight excluding hydrogens is 232 g/mol. The van der Waals surface area contributed by atoms with Crippen LogP contribution >= 0.6 is 0 Å². The van der Waals surface area contributed by atoms with Crippen molar-refractivity contribution in [2.24, 2.45) is 11.1 Å². The maximum Gasteiger partial charge on any atom is 0.257 e. The van der Waals surface area contributed by atoms with Crippen LogP contribution in [0.3, 0.4) is 0 Å². The second kappa shape index (κ2) is 4.10. The fraction of sp³-hybridized carbons (Fsp3) is 0.615. The quantitative estimate of drug-likeness (QED) is 0.810. The number of nitrogens with two attached hydrogens (primary N) is 1. The Labute approximate surface area is 106 Å². The Morgan fingerprint density at radius 1 is 1.61 bits per heavy atom. The zero-order chi connectivity index (χ0) is 12.8. The standard InChI is InChI=1S/C13H18N2O3/c14-11-5-15(8-13(11)2-1-3-13)12(17)9-4-10(6-16)18-7-9/h4,7,11,16H,1-3,5-6,8,14H2. The number of aliphatic hydroxyl groups is 1. The SMILES string of the molecule is NC1CN(C(=O)c2coc(CO)c2)CC12CCC2. The van der Waals surface area contributed by atoms with Gasteiger partial charge in [-0.2, -0.15) is 0 Å². The molecule has 1 spiro atoms. The van der Waals surface area contributed by atoms with Crippen LogP contribution < -0.4 is 5.73 Å². The summed E-state index contributed by atoms with van der Waals surface area (Å²) in [6, 6.07) is 1.69. The number of amides is 1. The van der Waals surface area contributed by atoms with Crippen molar-refractivity contribution < 1.29 is 14.3 Å². The highest BCUT2D eigenvalue weighted by atomic mass is 16.4. The number of likely N-dealkylation sites (tertiary alicyclic amines) is 1. The molecule has 3 rings (SSSR count). The maximum absolute atomic E-state index is 12.3. The fourth-order valence-electron chi connectivity index (χ4n) is 3.07.